The monoisotopic (exact) mass is 547 g/mol. The average molecular weight is 548 g/mol. The minimum atomic E-state index is -3.68. The quantitative estimate of drug-likeness (QED) is 0.233. The maximum absolute atomic E-state index is 15.9. The van der Waals surface area contributed by atoms with Crippen LogP contribution < -0.4 is 10.6 Å². The first kappa shape index (κ1) is 25.3. The molecule has 3 N–H and O–H groups in total. The summed E-state index contributed by atoms with van der Waals surface area (Å²) in [5.41, 5.74) is 2.65. The van der Waals surface area contributed by atoms with Crippen LogP contribution in [0.15, 0.2) is 65.2 Å². The van der Waals surface area contributed by atoms with Crippen molar-refractivity contribution in [3.05, 3.63) is 77.8 Å². The van der Waals surface area contributed by atoms with Crippen molar-refractivity contribution in [2.75, 3.05) is 19.0 Å². The summed E-state index contributed by atoms with van der Waals surface area (Å²) in [6.45, 7) is 1.12. The van der Waals surface area contributed by atoms with Gasteiger partial charge in [0.15, 0.2) is 17.1 Å². The number of aromatic nitrogens is 6. The molecule has 0 bridgehead atoms. The Balaban J connectivity index is 1.42. The van der Waals surface area contributed by atoms with Gasteiger partial charge in [-0.05, 0) is 48.4 Å². The van der Waals surface area contributed by atoms with E-state index in [9.17, 15) is 4.39 Å². The van der Waals surface area contributed by atoms with Crippen LogP contribution in [0.5, 0.6) is 0 Å². The summed E-state index contributed by atoms with van der Waals surface area (Å²) in [4.78, 5) is 4.41. The van der Waals surface area contributed by atoms with E-state index in [1.807, 2.05) is 25.3 Å². The number of nitrogens with zero attached hydrogens (tertiary/aromatic N) is 6. The standard InChI is InChI=1S/C27H24F3N9O/c1-15-12-33-23(34-22(32-2)7-8-31)10-19(15)16-9-20-25-35-36-26(39(25)17(11-28)14-38(20)13-16)27(29,30)24-18-5-3-4-6-21(18)40-37-24/h3-10,12-13,17,31-32H,11,14H2,1-2H3,(H,33,34)/b22-7+,31-8?/t17-/m0/s1. The zero-order valence-corrected chi connectivity index (χ0v) is 21.5. The first-order valence-corrected chi connectivity index (χ1v) is 12.4. The molecule has 1 aliphatic rings. The molecule has 0 amide bonds. The van der Waals surface area contributed by atoms with Crippen molar-refractivity contribution >= 4 is 23.0 Å². The number of pyridine rings is 1. The fraction of sp³-hybridized carbons (Fsp3) is 0.222. The molecule has 4 aromatic heterocycles. The Hall–Kier alpha value is -4.94. The Labute approximate surface area is 226 Å². The molecule has 0 saturated heterocycles. The third-order valence-electron chi connectivity index (χ3n) is 6.92. The second-order valence-electron chi connectivity index (χ2n) is 9.40. The first-order valence-electron chi connectivity index (χ1n) is 12.4. The highest BCUT2D eigenvalue weighted by Crippen LogP contribution is 2.43. The highest BCUT2D eigenvalue weighted by atomic mass is 19.3. The SMILES string of the molecule is CN/C(=C\C=N)Nc1cc(-c2cc3n(c2)C[C@H](CF)n2c-3nnc2C(F)(F)c2noc3ccccc23)c(C)cn1. The third-order valence-corrected chi connectivity index (χ3v) is 6.92. The molecule has 0 spiro atoms. The van der Waals surface area contributed by atoms with E-state index < -0.39 is 30.2 Å². The predicted molar refractivity (Wildman–Crippen MR) is 143 cm³/mol. The molecule has 13 heteroatoms. The topological polar surface area (TPSA) is 122 Å². The van der Waals surface area contributed by atoms with E-state index in [1.165, 1.54) is 10.6 Å². The molecular formula is C27H24F3N9O. The second-order valence-corrected chi connectivity index (χ2v) is 9.40. The number of rotatable bonds is 8. The van der Waals surface area contributed by atoms with Crippen LogP contribution >= 0.6 is 0 Å². The van der Waals surface area contributed by atoms with Gasteiger partial charge in [-0.2, -0.15) is 8.78 Å². The number of alkyl halides is 3. The number of allylic oxidation sites excluding steroid dienone is 1. The molecule has 0 saturated carbocycles. The Morgan fingerprint density at radius 2 is 2.08 bits per heavy atom. The zero-order chi connectivity index (χ0) is 28.0. The maximum Gasteiger partial charge on any atom is 0.352 e. The van der Waals surface area contributed by atoms with E-state index in [0.717, 1.165) is 22.9 Å². The fourth-order valence-corrected chi connectivity index (χ4v) is 4.98. The smallest absolute Gasteiger partial charge is 0.352 e. The van der Waals surface area contributed by atoms with Gasteiger partial charge >= 0.3 is 5.92 Å². The molecule has 10 nitrogen and oxygen atoms in total. The molecule has 1 aliphatic heterocycles. The summed E-state index contributed by atoms with van der Waals surface area (Å²) in [6.07, 6.45) is 6.25. The van der Waals surface area contributed by atoms with Crippen LogP contribution in [0.4, 0.5) is 19.0 Å². The van der Waals surface area contributed by atoms with E-state index in [1.54, 1.807) is 42.1 Å². The molecule has 5 heterocycles. The van der Waals surface area contributed by atoms with E-state index >= 15 is 8.78 Å². The minimum Gasteiger partial charge on any atom is -0.375 e. The summed E-state index contributed by atoms with van der Waals surface area (Å²) in [6, 6.07) is 9.04. The zero-order valence-electron chi connectivity index (χ0n) is 21.5. The van der Waals surface area contributed by atoms with Gasteiger partial charge in [-0.1, -0.05) is 17.3 Å². The molecule has 1 aromatic carbocycles. The van der Waals surface area contributed by atoms with Gasteiger partial charge in [0.25, 0.3) is 0 Å². The lowest BCUT2D eigenvalue weighted by Gasteiger charge is -2.27. The van der Waals surface area contributed by atoms with Crippen LogP contribution in [0.3, 0.4) is 0 Å². The molecule has 0 radical (unpaired) electrons. The van der Waals surface area contributed by atoms with Crippen molar-refractivity contribution in [3.8, 4) is 22.6 Å². The normalized spacial score (nSPS) is 15.1. The van der Waals surface area contributed by atoms with Gasteiger partial charge in [0, 0.05) is 37.8 Å². The number of aryl methyl sites for hydroxylation is 1. The molecular weight excluding hydrogens is 523 g/mol. The van der Waals surface area contributed by atoms with Gasteiger partial charge in [-0.25, -0.2) is 9.37 Å². The van der Waals surface area contributed by atoms with Gasteiger partial charge in [-0.3, -0.25) is 4.57 Å². The predicted octanol–water partition coefficient (Wildman–Crippen LogP) is 5.04. The fourth-order valence-electron chi connectivity index (χ4n) is 4.98. The number of hydrogen-bond donors (Lipinski definition) is 3. The Bertz CT molecular complexity index is 1770. The molecule has 0 fully saturated rings. The lowest BCUT2D eigenvalue weighted by atomic mass is 10.1. The van der Waals surface area contributed by atoms with Crippen molar-refractivity contribution in [2.45, 2.75) is 25.4 Å². The summed E-state index contributed by atoms with van der Waals surface area (Å²) < 4.78 is 54.2. The highest BCUT2D eigenvalue weighted by molar-refractivity contribution is 5.80. The lowest BCUT2D eigenvalue weighted by molar-refractivity contribution is 0.0196. The molecule has 0 aliphatic carbocycles. The van der Waals surface area contributed by atoms with Gasteiger partial charge in [0.05, 0.1) is 17.1 Å². The third kappa shape index (κ3) is 4.01. The molecule has 0 unspecified atom stereocenters. The number of hydrogen-bond acceptors (Lipinski definition) is 8. The van der Waals surface area contributed by atoms with Crippen molar-refractivity contribution in [3.63, 3.8) is 0 Å². The highest BCUT2D eigenvalue weighted by Gasteiger charge is 2.47. The molecule has 5 aromatic rings. The number of halogens is 3. The van der Waals surface area contributed by atoms with Crippen molar-refractivity contribution < 1.29 is 17.7 Å². The summed E-state index contributed by atoms with van der Waals surface area (Å²) >= 11 is 0. The van der Waals surface area contributed by atoms with E-state index in [2.05, 4.69) is 31.0 Å². The average Bonchev–Trinajstić information content (AvgIpc) is 3.70. The molecule has 6 rings (SSSR count). The van der Waals surface area contributed by atoms with Crippen molar-refractivity contribution in [2.24, 2.45) is 0 Å². The number of anilines is 1. The number of fused-ring (bicyclic) bond motifs is 4. The van der Waals surface area contributed by atoms with E-state index in [0.29, 0.717) is 17.3 Å². The maximum atomic E-state index is 15.9. The Morgan fingerprint density at radius 1 is 1.25 bits per heavy atom. The van der Waals surface area contributed by atoms with Crippen LogP contribution in [0, 0.1) is 12.3 Å². The van der Waals surface area contributed by atoms with Crippen LogP contribution in [-0.4, -0.2) is 49.4 Å². The molecule has 204 valence electrons. The summed E-state index contributed by atoms with van der Waals surface area (Å²) in [5, 5.41) is 25.1. The first-order chi connectivity index (χ1) is 19.3. The number of benzene rings is 1. The lowest BCUT2D eigenvalue weighted by Crippen LogP contribution is -2.30. The van der Waals surface area contributed by atoms with Crippen LogP contribution in [0.25, 0.3) is 33.6 Å². The number of para-hydroxylation sites is 1. The largest absolute Gasteiger partial charge is 0.375 e. The van der Waals surface area contributed by atoms with Gasteiger partial charge in [0.1, 0.15) is 18.3 Å². The number of nitrogens with one attached hydrogen (secondary N) is 3. The summed E-state index contributed by atoms with van der Waals surface area (Å²) in [5.74, 6) is -3.11. The van der Waals surface area contributed by atoms with E-state index in [4.69, 9.17) is 9.93 Å². The van der Waals surface area contributed by atoms with Gasteiger partial charge in [-0.15, -0.1) is 10.2 Å². The Morgan fingerprint density at radius 3 is 2.85 bits per heavy atom. The van der Waals surface area contributed by atoms with Crippen LogP contribution in [0.2, 0.25) is 0 Å². The molecule has 40 heavy (non-hydrogen) atoms. The van der Waals surface area contributed by atoms with Crippen LogP contribution in [-0.2, 0) is 12.5 Å². The van der Waals surface area contributed by atoms with Crippen molar-refractivity contribution in [1.82, 2.24) is 34.8 Å². The van der Waals surface area contributed by atoms with E-state index in [-0.39, 0.29) is 23.3 Å². The minimum absolute atomic E-state index is 0.112. The Kier molecular flexibility index (Phi) is 6.12. The van der Waals surface area contributed by atoms with Gasteiger partial charge in [0.2, 0.25) is 5.82 Å². The van der Waals surface area contributed by atoms with Gasteiger partial charge < -0.3 is 25.1 Å². The molecule has 1 atom stereocenters. The summed E-state index contributed by atoms with van der Waals surface area (Å²) in [7, 11) is 1.72. The van der Waals surface area contributed by atoms with Crippen molar-refractivity contribution in [1.29, 1.82) is 5.41 Å². The van der Waals surface area contributed by atoms with Crippen LogP contribution in [0.1, 0.15) is 23.1 Å². The second kappa shape index (κ2) is 9.67.